The van der Waals surface area contributed by atoms with Crippen LogP contribution in [0.25, 0.3) is 0 Å². The van der Waals surface area contributed by atoms with E-state index in [2.05, 4.69) is 6.92 Å². The van der Waals surface area contributed by atoms with Crippen LogP contribution in [0.3, 0.4) is 0 Å². The van der Waals surface area contributed by atoms with Gasteiger partial charge in [0.2, 0.25) is 21.7 Å². The summed E-state index contributed by atoms with van der Waals surface area (Å²) in [6, 6.07) is 14.2. The fourth-order valence-electron chi connectivity index (χ4n) is 4.15. The van der Waals surface area contributed by atoms with Gasteiger partial charge in [0.05, 0.1) is 27.3 Å². The first-order valence-corrected chi connectivity index (χ1v) is 10.7. The molecular formula is C21H21NO4S. The second-order valence-electron chi connectivity index (χ2n) is 7.45. The highest BCUT2D eigenvalue weighted by atomic mass is 32.2. The second-order valence-corrected chi connectivity index (χ2v) is 9.40. The van der Waals surface area contributed by atoms with Crippen LogP contribution in [0, 0.1) is 17.8 Å². The van der Waals surface area contributed by atoms with Gasteiger partial charge in [0.1, 0.15) is 0 Å². The Labute approximate surface area is 158 Å². The molecule has 0 N–H and O–H groups in total. The van der Waals surface area contributed by atoms with Crippen LogP contribution < -0.4 is 4.90 Å². The van der Waals surface area contributed by atoms with Crippen molar-refractivity contribution in [1.29, 1.82) is 0 Å². The number of hydrogen-bond donors (Lipinski definition) is 0. The molecule has 0 unspecified atom stereocenters. The predicted molar refractivity (Wildman–Crippen MR) is 101 cm³/mol. The summed E-state index contributed by atoms with van der Waals surface area (Å²) in [7, 11) is -3.62. The van der Waals surface area contributed by atoms with Gasteiger partial charge in [0.25, 0.3) is 0 Å². The zero-order valence-electron chi connectivity index (χ0n) is 15.0. The molecule has 5 nitrogen and oxygen atoms in total. The molecule has 27 heavy (non-hydrogen) atoms. The van der Waals surface area contributed by atoms with Crippen molar-refractivity contribution in [2.45, 2.75) is 36.0 Å². The Hall–Kier alpha value is -2.47. The summed E-state index contributed by atoms with van der Waals surface area (Å²) in [5, 5.41) is 0. The molecule has 1 aliphatic heterocycles. The van der Waals surface area contributed by atoms with Crippen molar-refractivity contribution in [2.75, 3.05) is 4.90 Å². The maximum Gasteiger partial charge on any atom is 0.237 e. The molecule has 2 aliphatic rings. The number of imide groups is 1. The first-order valence-electron chi connectivity index (χ1n) is 9.17. The molecule has 0 aromatic heterocycles. The van der Waals surface area contributed by atoms with E-state index in [1.165, 1.54) is 17.0 Å². The molecule has 1 saturated heterocycles. The predicted octanol–water partition coefficient (Wildman–Crippen LogP) is 3.45. The Bertz CT molecular complexity index is 983. The fraction of sp³-hybridized carbons (Fsp3) is 0.333. The van der Waals surface area contributed by atoms with Crippen molar-refractivity contribution >= 4 is 27.3 Å². The van der Waals surface area contributed by atoms with Gasteiger partial charge in [-0.05, 0) is 61.6 Å². The Kier molecular flexibility index (Phi) is 4.38. The largest absolute Gasteiger partial charge is 0.274 e. The van der Waals surface area contributed by atoms with Crippen LogP contribution in [0.2, 0.25) is 0 Å². The van der Waals surface area contributed by atoms with E-state index in [9.17, 15) is 18.0 Å². The Morgan fingerprint density at radius 1 is 0.815 bits per heavy atom. The summed E-state index contributed by atoms with van der Waals surface area (Å²) >= 11 is 0. The smallest absolute Gasteiger partial charge is 0.237 e. The quantitative estimate of drug-likeness (QED) is 0.761. The topological polar surface area (TPSA) is 71.5 Å². The lowest BCUT2D eigenvalue weighted by Crippen LogP contribution is -2.30. The lowest BCUT2D eigenvalue weighted by atomic mass is 9.76. The molecule has 2 fully saturated rings. The summed E-state index contributed by atoms with van der Waals surface area (Å²) in [6.45, 7) is 2.11. The average Bonchev–Trinajstić information content (AvgIpc) is 2.92. The highest BCUT2D eigenvalue weighted by Crippen LogP contribution is 2.42. The number of carbonyl (C=O) groups excluding carboxylic acids is 2. The first kappa shape index (κ1) is 17.9. The van der Waals surface area contributed by atoms with E-state index in [0.717, 1.165) is 19.3 Å². The lowest BCUT2D eigenvalue weighted by molar-refractivity contribution is -0.122. The third-order valence-corrected chi connectivity index (χ3v) is 7.43. The summed E-state index contributed by atoms with van der Waals surface area (Å²) in [6.07, 6.45) is 2.45. The zero-order valence-corrected chi connectivity index (χ0v) is 15.9. The number of sulfone groups is 1. The standard InChI is InChI=1S/C21H21NO4S/c1-14-7-12-18-19(13-14)21(24)22(20(18)23)15-8-10-17(11-9-15)27(25,26)16-5-3-2-4-6-16/h2-6,8-11,14,18-19H,7,12-13H2,1H3/t14-,18-,19-/m1/s1. The van der Waals surface area contributed by atoms with Crippen LogP contribution in [0.1, 0.15) is 26.2 Å². The number of rotatable bonds is 3. The van der Waals surface area contributed by atoms with Gasteiger partial charge >= 0.3 is 0 Å². The Balaban J connectivity index is 1.63. The third kappa shape index (κ3) is 2.98. The molecule has 1 aliphatic carbocycles. The summed E-state index contributed by atoms with van der Waals surface area (Å²) in [5.74, 6) is -0.345. The number of amides is 2. The summed E-state index contributed by atoms with van der Waals surface area (Å²) in [4.78, 5) is 27.1. The maximum atomic E-state index is 12.8. The minimum Gasteiger partial charge on any atom is -0.274 e. The number of nitrogens with zero attached hydrogens (tertiary/aromatic N) is 1. The minimum absolute atomic E-state index is 0.141. The molecule has 1 heterocycles. The Morgan fingerprint density at radius 3 is 2.07 bits per heavy atom. The van der Waals surface area contributed by atoms with Gasteiger partial charge in [-0.2, -0.15) is 0 Å². The number of carbonyl (C=O) groups is 2. The van der Waals surface area contributed by atoms with Gasteiger partial charge in [-0.15, -0.1) is 0 Å². The molecular weight excluding hydrogens is 362 g/mol. The van der Waals surface area contributed by atoms with Gasteiger partial charge in [-0.1, -0.05) is 25.1 Å². The molecule has 2 aromatic carbocycles. The number of hydrogen-bond acceptors (Lipinski definition) is 4. The van der Waals surface area contributed by atoms with Gasteiger partial charge in [0.15, 0.2) is 0 Å². The third-order valence-electron chi connectivity index (χ3n) is 5.65. The van der Waals surface area contributed by atoms with Gasteiger partial charge in [-0.3, -0.25) is 14.5 Å². The molecule has 6 heteroatoms. The molecule has 3 atom stereocenters. The minimum atomic E-state index is -3.62. The summed E-state index contributed by atoms with van der Waals surface area (Å²) in [5.41, 5.74) is 0.444. The molecule has 2 aromatic rings. The van der Waals surface area contributed by atoms with Crippen LogP contribution >= 0.6 is 0 Å². The molecule has 4 rings (SSSR count). The monoisotopic (exact) mass is 383 g/mol. The van der Waals surface area contributed by atoms with Gasteiger partial charge in [-0.25, -0.2) is 8.42 Å². The molecule has 140 valence electrons. The molecule has 2 amide bonds. The average molecular weight is 383 g/mol. The number of anilines is 1. The maximum absolute atomic E-state index is 12.8. The van der Waals surface area contributed by atoms with Crippen LogP contribution in [-0.4, -0.2) is 20.2 Å². The molecule has 0 bridgehead atoms. The number of fused-ring (bicyclic) bond motifs is 1. The Morgan fingerprint density at radius 2 is 1.41 bits per heavy atom. The van der Waals surface area contributed by atoms with Crippen LogP contribution in [-0.2, 0) is 19.4 Å². The van der Waals surface area contributed by atoms with E-state index in [4.69, 9.17) is 0 Å². The fourth-order valence-corrected chi connectivity index (χ4v) is 5.44. The van der Waals surface area contributed by atoms with E-state index < -0.39 is 9.84 Å². The van der Waals surface area contributed by atoms with Crippen molar-refractivity contribution in [1.82, 2.24) is 0 Å². The number of benzene rings is 2. The first-order chi connectivity index (χ1) is 12.9. The van der Waals surface area contributed by atoms with Gasteiger partial charge < -0.3 is 0 Å². The highest BCUT2D eigenvalue weighted by molar-refractivity contribution is 7.91. The highest BCUT2D eigenvalue weighted by Gasteiger charge is 2.49. The van der Waals surface area contributed by atoms with Crippen LogP contribution in [0.15, 0.2) is 64.4 Å². The van der Waals surface area contributed by atoms with Crippen molar-refractivity contribution < 1.29 is 18.0 Å². The van der Waals surface area contributed by atoms with Crippen LogP contribution in [0.5, 0.6) is 0 Å². The van der Waals surface area contributed by atoms with E-state index >= 15 is 0 Å². The SMILES string of the molecule is C[C@@H]1CC[C@H]2C(=O)N(c3ccc(S(=O)(=O)c4ccccc4)cc3)C(=O)[C@@H]2C1. The molecule has 0 spiro atoms. The van der Waals surface area contributed by atoms with E-state index in [1.807, 2.05) is 0 Å². The van der Waals surface area contributed by atoms with Crippen LogP contribution in [0.4, 0.5) is 5.69 Å². The van der Waals surface area contributed by atoms with Crippen molar-refractivity contribution in [3.05, 3.63) is 54.6 Å². The normalized spacial score (nSPS) is 25.5. The summed E-state index contributed by atoms with van der Waals surface area (Å²) < 4.78 is 25.4. The second kappa shape index (κ2) is 6.60. The van der Waals surface area contributed by atoms with Crippen molar-refractivity contribution in [2.24, 2.45) is 17.8 Å². The molecule has 1 saturated carbocycles. The van der Waals surface area contributed by atoms with Gasteiger partial charge in [0, 0.05) is 0 Å². The van der Waals surface area contributed by atoms with E-state index in [0.29, 0.717) is 11.6 Å². The van der Waals surface area contributed by atoms with E-state index in [-0.39, 0.29) is 33.4 Å². The van der Waals surface area contributed by atoms with E-state index in [1.54, 1.807) is 42.5 Å². The zero-order chi connectivity index (χ0) is 19.2. The van der Waals surface area contributed by atoms with Crippen molar-refractivity contribution in [3.63, 3.8) is 0 Å². The molecule has 0 radical (unpaired) electrons. The lowest BCUT2D eigenvalue weighted by Gasteiger charge is -2.25. The van der Waals surface area contributed by atoms with Crippen molar-refractivity contribution in [3.8, 4) is 0 Å².